The summed E-state index contributed by atoms with van der Waals surface area (Å²) in [4.78, 5) is 21.9. The molecule has 0 bridgehead atoms. The summed E-state index contributed by atoms with van der Waals surface area (Å²) < 4.78 is 9.67. The molecule has 5 rings (SSSR count). The normalized spacial score (nSPS) is 12.1. The van der Waals surface area contributed by atoms with E-state index in [9.17, 15) is 4.79 Å². The van der Waals surface area contributed by atoms with Crippen LogP contribution in [0.5, 0.6) is 5.75 Å². The van der Waals surface area contributed by atoms with E-state index in [1.54, 1.807) is 35.2 Å². The van der Waals surface area contributed by atoms with E-state index >= 15 is 0 Å². The Morgan fingerprint density at radius 1 is 1.17 bits per heavy atom. The molecular weight excluding hydrogens is 476 g/mol. The lowest BCUT2D eigenvalue weighted by Gasteiger charge is -2.20. The van der Waals surface area contributed by atoms with Crippen LogP contribution in [0.15, 0.2) is 72.0 Å². The van der Waals surface area contributed by atoms with Crippen LogP contribution in [0.25, 0.3) is 16.6 Å². The molecule has 4 heterocycles. The van der Waals surface area contributed by atoms with Gasteiger partial charge in [-0.25, -0.2) is 9.67 Å². The molecule has 0 saturated carbocycles. The van der Waals surface area contributed by atoms with Gasteiger partial charge in [0, 0.05) is 35.2 Å². The van der Waals surface area contributed by atoms with E-state index < -0.39 is 6.04 Å². The van der Waals surface area contributed by atoms with E-state index in [2.05, 4.69) is 10.1 Å². The van der Waals surface area contributed by atoms with Crippen LogP contribution < -0.4 is 16.0 Å². The van der Waals surface area contributed by atoms with E-state index in [-0.39, 0.29) is 17.9 Å². The van der Waals surface area contributed by atoms with Crippen molar-refractivity contribution in [1.29, 1.82) is 0 Å². The molecule has 1 aromatic carbocycles. The molecular formula is C27H25ClN6O2. The van der Waals surface area contributed by atoms with E-state index in [1.807, 2.05) is 62.1 Å². The number of nitrogen functional groups attached to an aromatic ring is 1. The number of nitrogens with two attached hydrogens (primary N) is 1. The Morgan fingerprint density at radius 2 is 2.00 bits per heavy atom. The Balaban J connectivity index is 1.53. The van der Waals surface area contributed by atoms with Crippen LogP contribution in [0.1, 0.15) is 35.5 Å². The zero-order valence-electron chi connectivity index (χ0n) is 20.1. The number of aromatic nitrogens is 5. The topological polar surface area (TPSA) is 101 Å². The van der Waals surface area contributed by atoms with Crippen molar-refractivity contribution in [3.8, 4) is 11.4 Å². The summed E-state index contributed by atoms with van der Waals surface area (Å²) in [5, 5.41) is 5.89. The number of rotatable bonds is 6. The number of hydrogen-bond donors (Lipinski definition) is 1. The predicted molar refractivity (Wildman–Crippen MR) is 141 cm³/mol. The minimum atomic E-state index is -0.402. The average molecular weight is 501 g/mol. The van der Waals surface area contributed by atoms with Crippen molar-refractivity contribution < 1.29 is 4.74 Å². The van der Waals surface area contributed by atoms with Gasteiger partial charge in [-0.3, -0.25) is 9.78 Å². The van der Waals surface area contributed by atoms with E-state index in [0.717, 1.165) is 27.8 Å². The van der Waals surface area contributed by atoms with Crippen molar-refractivity contribution in [1.82, 2.24) is 24.3 Å². The zero-order chi connectivity index (χ0) is 25.4. The number of fused-ring (bicyclic) bond motifs is 1. The number of para-hydroxylation sites is 1. The highest BCUT2D eigenvalue weighted by atomic mass is 35.5. The predicted octanol–water partition coefficient (Wildman–Crippen LogP) is 5.02. The van der Waals surface area contributed by atoms with Gasteiger partial charge in [0.25, 0.3) is 5.56 Å². The van der Waals surface area contributed by atoms with Crippen LogP contribution in [-0.4, -0.2) is 24.3 Å². The summed E-state index contributed by atoms with van der Waals surface area (Å²) in [6.45, 7) is 5.97. The molecule has 0 fully saturated rings. The molecule has 9 heteroatoms. The molecule has 36 heavy (non-hydrogen) atoms. The lowest BCUT2D eigenvalue weighted by Crippen LogP contribution is -2.26. The molecule has 1 atom stereocenters. The number of nitrogens with zero attached hydrogens (tertiary/aromatic N) is 5. The lowest BCUT2D eigenvalue weighted by atomic mass is 10.1. The third kappa shape index (κ3) is 4.31. The maximum absolute atomic E-state index is 12.6. The van der Waals surface area contributed by atoms with Gasteiger partial charge in [0.1, 0.15) is 17.9 Å². The summed E-state index contributed by atoms with van der Waals surface area (Å²) in [7, 11) is 0. The number of halogens is 1. The van der Waals surface area contributed by atoms with Gasteiger partial charge in [-0.2, -0.15) is 5.10 Å². The highest BCUT2D eigenvalue weighted by molar-refractivity contribution is 6.31. The van der Waals surface area contributed by atoms with Crippen molar-refractivity contribution in [3.05, 3.63) is 105 Å². The molecule has 4 aromatic heterocycles. The number of ether oxygens (including phenoxy) is 1. The smallest absolute Gasteiger partial charge is 0.274 e. The maximum atomic E-state index is 12.6. The van der Waals surface area contributed by atoms with Gasteiger partial charge in [-0.15, -0.1) is 0 Å². The Labute approximate surface area is 213 Å². The van der Waals surface area contributed by atoms with Gasteiger partial charge in [0.2, 0.25) is 0 Å². The Hall–Kier alpha value is -4.17. The quantitative estimate of drug-likeness (QED) is 0.351. The monoisotopic (exact) mass is 500 g/mol. The molecule has 0 aliphatic carbocycles. The second kappa shape index (κ2) is 9.47. The summed E-state index contributed by atoms with van der Waals surface area (Å²) in [5.41, 5.74) is 10.6. The summed E-state index contributed by atoms with van der Waals surface area (Å²) in [5.74, 6) is 0.612. The molecule has 0 aliphatic rings. The van der Waals surface area contributed by atoms with Gasteiger partial charge in [0.15, 0.2) is 0 Å². The molecule has 0 radical (unpaired) electrons. The van der Waals surface area contributed by atoms with Crippen LogP contribution in [0.3, 0.4) is 0 Å². The minimum absolute atomic E-state index is 0.147. The van der Waals surface area contributed by atoms with E-state index in [1.165, 1.54) is 0 Å². The van der Waals surface area contributed by atoms with Gasteiger partial charge < -0.3 is 15.0 Å². The largest absolute Gasteiger partial charge is 0.486 e. The molecule has 1 unspecified atom stereocenters. The number of aryl methyl sites for hydroxylation is 2. The van der Waals surface area contributed by atoms with Gasteiger partial charge in [0.05, 0.1) is 34.3 Å². The lowest BCUT2D eigenvalue weighted by molar-refractivity contribution is 0.306. The first kappa shape index (κ1) is 23.6. The SMILES string of the molecule is Cc1cnn(-c2cc(C)nc3c(OCc4c(Cl)ccnc4C(C)n4cccc(N)c4=O)cccc23)c1. The number of pyridine rings is 3. The standard InChI is InChI=1S/C27H25ClN6O2/c1-16-13-31-34(14-16)23-12-17(2)32-26-19(23)6-4-8-24(26)36-15-20-21(28)9-10-30-25(20)18(3)33-11-5-7-22(29)27(33)35/h4-14,18H,15,29H2,1-3H3. The Morgan fingerprint density at radius 3 is 2.78 bits per heavy atom. The highest BCUT2D eigenvalue weighted by Gasteiger charge is 2.19. The molecule has 2 N–H and O–H groups in total. The fourth-order valence-electron chi connectivity index (χ4n) is 4.28. The third-order valence-electron chi connectivity index (χ3n) is 6.09. The Kier molecular flexibility index (Phi) is 6.20. The number of hydrogen-bond acceptors (Lipinski definition) is 6. The van der Waals surface area contributed by atoms with Crippen LogP contribution in [0, 0.1) is 13.8 Å². The van der Waals surface area contributed by atoms with E-state index in [4.69, 9.17) is 27.1 Å². The van der Waals surface area contributed by atoms with Crippen LogP contribution in [0.2, 0.25) is 5.02 Å². The highest BCUT2D eigenvalue weighted by Crippen LogP contribution is 2.31. The number of benzene rings is 1. The molecule has 0 amide bonds. The van der Waals surface area contributed by atoms with Crippen LogP contribution >= 0.6 is 11.6 Å². The first-order valence-electron chi connectivity index (χ1n) is 11.5. The first-order chi connectivity index (χ1) is 17.3. The van der Waals surface area contributed by atoms with Crippen molar-refractivity contribution in [3.63, 3.8) is 0 Å². The van der Waals surface area contributed by atoms with Crippen molar-refractivity contribution in [2.45, 2.75) is 33.4 Å². The maximum Gasteiger partial charge on any atom is 0.274 e. The number of anilines is 1. The van der Waals surface area contributed by atoms with Crippen molar-refractivity contribution in [2.24, 2.45) is 0 Å². The fraction of sp³-hybridized carbons (Fsp3) is 0.185. The van der Waals surface area contributed by atoms with Crippen molar-refractivity contribution in [2.75, 3.05) is 5.73 Å². The van der Waals surface area contributed by atoms with Gasteiger partial charge >= 0.3 is 0 Å². The fourth-order valence-corrected chi connectivity index (χ4v) is 4.49. The van der Waals surface area contributed by atoms with E-state index in [0.29, 0.717) is 22.0 Å². The Bertz CT molecular complexity index is 1640. The first-order valence-corrected chi connectivity index (χ1v) is 11.9. The van der Waals surface area contributed by atoms with Crippen LogP contribution in [-0.2, 0) is 6.61 Å². The third-order valence-corrected chi connectivity index (χ3v) is 6.44. The molecule has 0 saturated heterocycles. The molecule has 5 aromatic rings. The van der Waals surface area contributed by atoms with Crippen LogP contribution in [0.4, 0.5) is 5.69 Å². The molecule has 182 valence electrons. The molecule has 0 aliphatic heterocycles. The second-order valence-corrected chi connectivity index (χ2v) is 9.10. The second-order valence-electron chi connectivity index (χ2n) is 8.69. The van der Waals surface area contributed by atoms with Crippen molar-refractivity contribution >= 4 is 28.2 Å². The average Bonchev–Trinajstić information content (AvgIpc) is 3.30. The van der Waals surface area contributed by atoms with Gasteiger partial charge in [-0.1, -0.05) is 23.7 Å². The molecule has 0 spiro atoms. The summed E-state index contributed by atoms with van der Waals surface area (Å²) in [6, 6.07) is 12.4. The minimum Gasteiger partial charge on any atom is -0.486 e. The molecule has 8 nitrogen and oxygen atoms in total. The summed E-state index contributed by atoms with van der Waals surface area (Å²) in [6.07, 6.45) is 7.10. The summed E-state index contributed by atoms with van der Waals surface area (Å²) >= 11 is 6.59. The zero-order valence-corrected chi connectivity index (χ0v) is 20.9. The van der Waals surface area contributed by atoms with Gasteiger partial charge in [-0.05, 0) is 56.7 Å².